The molecule has 1 aliphatic rings. The Hall–Kier alpha value is -2.12. The Kier molecular flexibility index (Phi) is 6.48. The molecule has 0 bridgehead atoms. The van der Waals surface area contributed by atoms with Gasteiger partial charge in [-0.25, -0.2) is 4.79 Å². The molecule has 4 N–H and O–H groups in total. The highest BCUT2D eigenvalue weighted by Crippen LogP contribution is 2.03. The number of carboxylic acid groups (broad SMARTS) is 1. The van der Waals surface area contributed by atoms with Crippen molar-refractivity contribution in [3.8, 4) is 0 Å². The first-order chi connectivity index (χ1) is 9.49. The molecule has 20 heavy (non-hydrogen) atoms. The van der Waals surface area contributed by atoms with Crippen LogP contribution in [0, 0.1) is 0 Å². The summed E-state index contributed by atoms with van der Waals surface area (Å²) < 4.78 is 0. The van der Waals surface area contributed by atoms with Gasteiger partial charge in [-0.15, -0.1) is 0 Å². The number of nitrogens with one attached hydrogen (secondary N) is 3. The number of carboxylic acids is 1. The molecule has 1 saturated heterocycles. The highest BCUT2D eigenvalue weighted by Gasteiger charge is 2.23. The summed E-state index contributed by atoms with van der Waals surface area (Å²) in [5.41, 5.74) is 0. The molecule has 1 rings (SSSR count). The normalized spacial score (nSPS) is 18.0. The van der Waals surface area contributed by atoms with Crippen LogP contribution >= 0.6 is 0 Å². The van der Waals surface area contributed by atoms with E-state index in [2.05, 4.69) is 16.0 Å². The Morgan fingerprint density at radius 3 is 2.60 bits per heavy atom. The van der Waals surface area contributed by atoms with E-state index in [9.17, 15) is 19.2 Å². The predicted octanol–water partition coefficient (Wildman–Crippen LogP) is -0.264. The van der Waals surface area contributed by atoms with Crippen LogP contribution in [0.1, 0.15) is 38.5 Å². The Morgan fingerprint density at radius 1 is 1.25 bits per heavy atom. The van der Waals surface area contributed by atoms with Crippen molar-refractivity contribution >= 4 is 23.8 Å². The Bertz CT molecular complexity index is 397. The molecule has 1 heterocycles. The van der Waals surface area contributed by atoms with Crippen molar-refractivity contribution in [1.29, 1.82) is 0 Å². The van der Waals surface area contributed by atoms with Crippen LogP contribution in [-0.4, -0.2) is 41.5 Å². The van der Waals surface area contributed by atoms with Gasteiger partial charge in [0.1, 0.15) is 6.04 Å². The first-order valence-corrected chi connectivity index (χ1v) is 6.59. The van der Waals surface area contributed by atoms with Gasteiger partial charge >= 0.3 is 12.0 Å². The van der Waals surface area contributed by atoms with Gasteiger partial charge in [0.05, 0.1) is 0 Å². The summed E-state index contributed by atoms with van der Waals surface area (Å²) >= 11 is 0. The van der Waals surface area contributed by atoms with E-state index in [0.717, 1.165) is 6.42 Å². The van der Waals surface area contributed by atoms with Gasteiger partial charge in [0, 0.05) is 19.4 Å². The molecule has 1 atom stereocenters. The van der Waals surface area contributed by atoms with Crippen molar-refractivity contribution in [2.45, 2.75) is 44.6 Å². The quantitative estimate of drug-likeness (QED) is 0.500. The summed E-state index contributed by atoms with van der Waals surface area (Å²) in [5, 5.41) is 15.6. The Labute approximate surface area is 116 Å². The van der Waals surface area contributed by atoms with Gasteiger partial charge in [0.2, 0.25) is 11.8 Å². The first kappa shape index (κ1) is 15.9. The number of imide groups is 1. The van der Waals surface area contributed by atoms with Crippen molar-refractivity contribution in [3.05, 3.63) is 0 Å². The van der Waals surface area contributed by atoms with Gasteiger partial charge in [-0.1, -0.05) is 0 Å². The molecule has 1 aliphatic heterocycles. The number of carbonyl (C=O) groups excluding carboxylic acids is 3. The molecule has 1 fully saturated rings. The molecule has 0 saturated carbocycles. The minimum Gasteiger partial charge on any atom is -0.481 e. The Balaban J connectivity index is 2.19. The van der Waals surface area contributed by atoms with Gasteiger partial charge in [-0.05, 0) is 25.7 Å². The number of urea groups is 1. The van der Waals surface area contributed by atoms with Crippen molar-refractivity contribution in [3.63, 3.8) is 0 Å². The third-order valence-electron chi connectivity index (χ3n) is 2.89. The molecule has 4 amide bonds. The third kappa shape index (κ3) is 6.17. The minimum absolute atomic E-state index is 0.00171. The van der Waals surface area contributed by atoms with E-state index in [4.69, 9.17) is 5.11 Å². The van der Waals surface area contributed by atoms with E-state index in [0.29, 0.717) is 25.8 Å². The Morgan fingerprint density at radius 2 is 1.95 bits per heavy atom. The predicted molar refractivity (Wildman–Crippen MR) is 68.8 cm³/mol. The van der Waals surface area contributed by atoms with Crippen molar-refractivity contribution in [2.24, 2.45) is 0 Å². The fourth-order valence-corrected chi connectivity index (χ4v) is 1.86. The maximum atomic E-state index is 11.5. The second-order valence-electron chi connectivity index (χ2n) is 4.61. The van der Waals surface area contributed by atoms with Crippen LogP contribution in [0.3, 0.4) is 0 Å². The number of amides is 4. The molecule has 112 valence electrons. The van der Waals surface area contributed by atoms with Crippen LogP contribution in [0.4, 0.5) is 4.79 Å². The van der Waals surface area contributed by atoms with E-state index in [1.807, 2.05) is 0 Å². The van der Waals surface area contributed by atoms with Crippen molar-refractivity contribution < 1.29 is 24.3 Å². The summed E-state index contributed by atoms with van der Waals surface area (Å²) in [4.78, 5) is 44.6. The lowest BCUT2D eigenvalue weighted by atomic mass is 10.1. The summed E-state index contributed by atoms with van der Waals surface area (Å²) in [6.07, 6.45) is 2.19. The van der Waals surface area contributed by atoms with Crippen LogP contribution in [0.25, 0.3) is 0 Å². The molecule has 1 unspecified atom stereocenters. The standard InChI is InChI=1S/C12H19N3O5/c16-9(5-1-2-6-10(17)18)15-12(20)14-8-4-3-7-13-11(8)19/h8H,1-7H2,(H,13,19)(H,17,18)(H2,14,15,16,20). The second-order valence-corrected chi connectivity index (χ2v) is 4.61. The third-order valence-corrected chi connectivity index (χ3v) is 2.89. The molecule has 8 heteroatoms. The second kappa shape index (κ2) is 8.13. The SMILES string of the molecule is O=C(O)CCCCC(=O)NC(=O)NC1CCCNC1=O. The number of hydrogen-bond acceptors (Lipinski definition) is 4. The van der Waals surface area contributed by atoms with Gasteiger partial charge in [0.15, 0.2) is 0 Å². The molecule has 0 aromatic carbocycles. The van der Waals surface area contributed by atoms with E-state index in [-0.39, 0.29) is 18.7 Å². The molecule has 0 radical (unpaired) electrons. The number of aliphatic carboxylic acids is 1. The van der Waals surface area contributed by atoms with Crippen molar-refractivity contribution in [1.82, 2.24) is 16.0 Å². The van der Waals surface area contributed by atoms with Gasteiger partial charge in [0.25, 0.3) is 0 Å². The summed E-state index contributed by atoms with van der Waals surface area (Å²) in [6.45, 7) is 0.598. The number of piperidine rings is 1. The fraction of sp³-hybridized carbons (Fsp3) is 0.667. The maximum absolute atomic E-state index is 11.5. The molecule has 0 spiro atoms. The lowest BCUT2D eigenvalue weighted by molar-refractivity contribution is -0.137. The molecule has 8 nitrogen and oxygen atoms in total. The highest BCUT2D eigenvalue weighted by molar-refractivity contribution is 5.96. The first-order valence-electron chi connectivity index (χ1n) is 6.59. The zero-order chi connectivity index (χ0) is 15.0. The van der Waals surface area contributed by atoms with Crippen LogP contribution in [0.5, 0.6) is 0 Å². The number of rotatable bonds is 6. The molecule has 0 aromatic heterocycles. The zero-order valence-corrected chi connectivity index (χ0v) is 11.1. The molecule has 0 aliphatic carbocycles. The van der Waals surface area contributed by atoms with Gasteiger partial charge < -0.3 is 15.7 Å². The molecular formula is C12H19N3O5. The van der Waals surface area contributed by atoms with Crippen LogP contribution in [0.2, 0.25) is 0 Å². The zero-order valence-electron chi connectivity index (χ0n) is 11.1. The average molecular weight is 285 g/mol. The van der Waals surface area contributed by atoms with E-state index < -0.39 is 23.9 Å². The fourth-order valence-electron chi connectivity index (χ4n) is 1.86. The summed E-state index contributed by atoms with van der Waals surface area (Å²) in [5.74, 6) is -1.64. The van der Waals surface area contributed by atoms with Gasteiger partial charge in [-0.3, -0.25) is 19.7 Å². The van der Waals surface area contributed by atoms with Crippen LogP contribution in [0.15, 0.2) is 0 Å². The van der Waals surface area contributed by atoms with E-state index in [1.54, 1.807) is 0 Å². The lowest BCUT2D eigenvalue weighted by Crippen LogP contribution is -2.53. The van der Waals surface area contributed by atoms with Crippen LogP contribution < -0.4 is 16.0 Å². The molecular weight excluding hydrogens is 266 g/mol. The van der Waals surface area contributed by atoms with Gasteiger partial charge in [-0.2, -0.15) is 0 Å². The number of unbranched alkanes of at least 4 members (excludes halogenated alkanes) is 1. The highest BCUT2D eigenvalue weighted by atomic mass is 16.4. The monoisotopic (exact) mass is 285 g/mol. The number of carbonyl (C=O) groups is 4. The van der Waals surface area contributed by atoms with Crippen LogP contribution in [-0.2, 0) is 14.4 Å². The summed E-state index contributed by atoms with van der Waals surface area (Å²) in [7, 11) is 0. The lowest BCUT2D eigenvalue weighted by Gasteiger charge is -2.22. The van der Waals surface area contributed by atoms with E-state index >= 15 is 0 Å². The summed E-state index contributed by atoms with van der Waals surface area (Å²) in [6, 6.07) is -1.31. The topological polar surface area (TPSA) is 125 Å². The largest absolute Gasteiger partial charge is 0.481 e. The smallest absolute Gasteiger partial charge is 0.322 e. The minimum atomic E-state index is -0.911. The number of hydrogen-bond donors (Lipinski definition) is 4. The molecule has 0 aromatic rings. The average Bonchev–Trinajstić information content (AvgIpc) is 2.37. The van der Waals surface area contributed by atoms with E-state index in [1.165, 1.54) is 0 Å². The van der Waals surface area contributed by atoms with Crippen molar-refractivity contribution in [2.75, 3.05) is 6.54 Å². The maximum Gasteiger partial charge on any atom is 0.322 e.